The molecular weight excluding hydrogens is 266 g/mol. The van der Waals surface area contributed by atoms with Crippen molar-refractivity contribution in [3.05, 3.63) is 35.5 Å². The van der Waals surface area contributed by atoms with Crippen molar-refractivity contribution in [1.29, 1.82) is 0 Å². The number of hydrogen-bond acceptors (Lipinski definition) is 5. The molecule has 0 atom stereocenters. The Morgan fingerprint density at radius 2 is 2.19 bits per heavy atom. The highest BCUT2D eigenvalue weighted by Gasteiger charge is 2.24. The lowest BCUT2D eigenvalue weighted by atomic mass is 10.1. The van der Waals surface area contributed by atoms with Gasteiger partial charge in [-0.05, 0) is 18.7 Å². The van der Waals surface area contributed by atoms with Crippen LogP contribution in [0.1, 0.15) is 18.2 Å². The van der Waals surface area contributed by atoms with Crippen LogP contribution in [0, 0.1) is 0 Å². The van der Waals surface area contributed by atoms with E-state index < -0.39 is 0 Å². The second-order valence-electron chi connectivity index (χ2n) is 5.31. The number of likely N-dealkylation sites (N-methyl/N-ethyl adjacent to an activating group) is 1. The monoisotopic (exact) mass is 283 g/mol. The van der Waals surface area contributed by atoms with Gasteiger partial charge in [-0.15, -0.1) is 0 Å². The van der Waals surface area contributed by atoms with Crippen LogP contribution in [0.4, 0.5) is 5.82 Å². The third-order valence-electron chi connectivity index (χ3n) is 4.06. The number of para-hydroxylation sites is 2. The number of aromatic nitrogens is 3. The summed E-state index contributed by atoms with van der Waals surface area (Å²) in [7, 11) is 0. The predicted octanol–water partition coefficient (Wildman–Crippen LogP) is 1.97. The fraction of sp³-hybridized carbons (Fsp3) is 0.333. The van der Waals surface area contributed by atoms with Crippen molar-refractivity contribution in [1.82, 2.24) is 19.7 Å². The maximum absolute atomic E-state index is 6.27. The molecule has 3 aromatic rings. The lowest BCUT2D eigenvalue weighted by Gasteiger charge is -2.24. The van der Waals surface area contributed by atoms with Gasteiger partial charge in [0.25, 0.3) is 0 Å². The van der Waals surface area contributed by atoms with Crippen molar-refractivity contribution in [3.63, 3.8) is 0 Å². The number of nitrogen functional groups attached to an aromatic ring is 1. The molecule has 0 fully saturated rings. The molecule has 108 valence electrons. The van der Waals surface area contributed by atoms with E-state index in [9.17, 15) is 0 Å². The smallest absolute Gasteiger partial charge is 0.325 e. The summed E-state index contributed by atoms with van der Waals surface area (Å²) in [5.74, 6) is 0.634. The fourth-order valence-electron chi connectivity index (χ4n) is 2.82. The zero-order valence-electron chi connectivity index (χ0n) is 11.9. The van der Waals surface area contributed by atoms with Gasteiger partial charge in [0, 0.05) is 25.1 Å². The summed E-state index contributed by atoms with van der Waals surface area (Å²) < 4.78 is 7.39. The van der Waals surface area contributed by atoms with Crippen molar-refractivity contribution in [2.75, 3.05) is 18.8 Å². The van der Waals surface area contributed by atoms with Gasteiger partial charge in [0.2, 0.25) is 0 Å². The van der Waals surface area contributed by atoms with E-state index in [1.807, 2.05) is 24.3 Å². The number of fused-ring (bicyclic) bond motifs is 2. The second-order valence-corrected chi connectivity index (χ2v) is 5.31. The van der Waals surface area contributed by atoms with Gasteiger partial charge in [-0.25, -0.2) is 0 Å². The molecule has 1 aromatic carbocycles. The molecular formula is C15H17N5O. The van der Waals surface area contributed by atoms with Crippen LogP contribution < -0.4 is 5.73 Å². The third-order valence-corrected chi connectivity index (χ3v) is 4.06. The SMILES string of the molecule is CCN1CCc2nn(-c3nc4ccccc4o3)c(N)c2C1. The van der Waals surface area contributed by atoms with E-state index >= 15 is 0 Å². The number of oxazole rings is 1. The summed E-state index contributed by atoms with van der Waals surface area (Å²) in [4.78, 5) is 6.82. The molecule has 4 rings (SSSR count). The quantitative estimate of drug-likeness (QED) is 0.778. The van der Waals surface area contributed by atoms with Crippen LogP contribution in [0.2, 0.25) is 0 Å². The first kappa shape index (κ1) is 12.4. The van der Waals surface area contributed by atoms with Crippen molar-refractivity contribution >= 4 is 16.9 Å². The fourth-order valence-corrected chi connectivity index (χ4v) is 2.82. The van der Waals surface area contributed by atoms with Crippen molar-refractivity contribution < 1.29 is 4.42 Å². The number of hydrogen-bond donors (Lipinski definition) is 1. The number of nitrogens with zero attached hydrogens (tertiary/aromatic N) is 4. The highest BCUT2D eigenvalue weighted by Crippen LogP contribution is 2.27. The van der Waals surface area contributed by atoms with Crippen LogP contribution in [-0.2, 0) is 13.0 Å². The van der Waals surface area contributed by atoms with E-state index in [2.05, 4.69) is 21.9 Å². The molecule has 2 aromatic heterocycles. The Morgan fingerprint density at radius 1 is 1.33 bits per heavy atom. The molecule has 2 N–H and O–H groups in total. The van der Waals surface area contributed by atoms with Gasteiger partial charge in [-0.2, -0.15) is 14.8 Å². The van der Waals surface area contributed by atoms with Crippen molar-refractivity contribution in [2.45, 2.75) is 19.9 Å². The zero-order valence-corrected chi connectivity index (χ0v) is 11.9. The summed E-state index contributed by atoms with van der Waals surface area (Å²) in [6.45, 7) is 5.05. The Bertz CT molecular complexity index is 771. The molecule has 0 aliphatic carbocycles. The first-order chi connectivity index (χ1) is 10.3. The van der Waals surface area contributed by atoms with Gasteiger partial charge in [0.15, 0.2) is 5.58 Å². The highest BCUT2D eigenvalue weighted by molar-refractivity contribution is 5.73. The van der Waals surface area contributed by atoms with E-state index in [0.29, 0.717) is 11.8 Å². The molecule has 21 heavy (non-hydrogen) atoms. The summed E-state index contributed by atoms with van der Waals surface area (Å²) in [6, 6.07) is 8.11. The number of anilines is 1. The lowest BCUT2D eigenvalue weighted by molar-refractivity contribution is 0.267. The average Bonchev–Trinajstić information content (AvgIpc) is 3.08. The summed E-state index contributed by atoms with van der Waals surface area (Å²) in [6.07, 6.45) is 0.917. The maximum atomic E-state index is 6.27. The minimum absolute atomic E-state index is 0.436. The number of benzene rings is 1. The molecule has 0 saturated heterocycles. The van der Waals surface area contributed by atoms with E-state index in [1.54, 1.807) is 4.68 Å². The molecule has 0 unspecified atom stereocenters. The Hall–Kier alpha value is -2.34. The van der Waals surface area contributed by atoms with Crippen LogP contribution in [0.15, 0.2) is 28.7 Å². The van der Waals surface area contributed by atoms with Crippen LogP contribution in [-0.4, -0.2) is 32.8 Å². The number of rotatable bonds is 2. The molecule has 0 saturated carbocycles. The maximum Gasteiger partial charge on any atom is 0.325 e. The van der Waals surface area contributed by atoms with E-state index in [-0.39, 0.29) is 0 Å². The van der Waals surface area contributed by atoms with E-state index in [1.165, 1.54) is 0 Å². The topological polar surface area (TPSA) is 73.1 Å². The zero-order chi connectivity index (χ0) is 14.4. The minimum atomic E-state index is 0.436. The minimum Gasteiger partial charge on any atom is -0.422 e. The van der Waals surface area contributed by atoms with Crippen molar-refractivity contribution in [2.24, 2.45) is 0 Å². The summed E-state index contributed by atoms with van der Waals surface area (Å²) >= 11 is 0. The van der Waals surface area contributed by atoms with Crippen LogP contribution in [0.5, 0.6) is 0 Å². The first-order valence-electron chi connectivity index (χ1n) is 7.21. The predicted molar refractivity (Wildman–Crippen MR) is 80.2 cm³/mol. The van der Waals surface area contributed by atoms with E-state index in [0.717, 1.165) is 48.4 Å². The molecule has 6 nitrogen and oxygen atoms in total. The third kappa shape index (κ3) is 1.91. The molecule has 1 aliphatic rings. The Balaban J connectivity index is 1.81. The summed E-state index contributed by atoms with van der Waals surface area (Å²) in [5.41, 5.74) is 9.99. The van der Waals surface area contributed by atoms with Crippen molar-refractivity contribution in [3.8, 4) is 6.01 Å². The van der Waals surface area contributed by atoms with Gasteiger partial charge in [-0.3, -0.25) is 4.90 Å². The first-order valence-corrected chi connectivity index (χ1v) is 7.21. The molecule has 1 aliphatic heterocycles. The van der Waals surface area contributed by atoms with Crippen LogP contribution in [0.25, 0.3) is 17.1 Å². The average molecular weight is 283 g/mol. The highest BCUT2D eigenvalue weighted by atomic mass is 16.4. The Morgan fingerprint density at radius 3 is 3.00 bits per heavy atom. The molecule has 0 spiro atoms. The van der Waals surface area contributed by atoms with Gasteiger partial charge in [0.05, 0.1) is 5.69 Å². The molecule has 0 radical (unpaired) electrons. The molecule has 6 heteroatoms. The van der Waals surface area contributed by atoms with Gasteiger partial charge < -0.3 is 10.2 Å². The Kier molecular flexibility index (Phi) is 2.71. The normalized spacial score (nSPS) is 15.5. The number of nitrogens with two attached hydrogens (primary N) is 1. The van der Waals surface area contributed by atoms with E-state index in [4.69, 9.17) is 10.2 Å². The summed E-state index contributed by atoms with van der Waals surface area (Å²) in [5, 5.41) is 4.59. The van der Waals surface area contributed by atoms with Gasteiger partial charge in [-0.1, -0.05) is 19.1 Å². The van der Waals surface area contributed by atoms with Gasteiger partial charge >= 0.3 is 6.01 Å². The second kappa shape index (κ2) is 4.60. The molecule has 0 bridgehead atoms. The van der Waals surface area contributed by atoms with Gasteiger partial charge in [0.1, 0.15) is 11.3 Å². The largest absolute Gasteiger partial charge is 0.422 e. The standard InChI is InChI=1S/C15H17N5O/c1-2-19-8-7-11-10(9-19)14(16)20(18-11)15-17-12-5-3-4-6-13(12)21-15/h3-6H,2,7-9,16H2,1H3. The van der Waals surface area contributed by atoms with Crippen LogP contribution in [0.3, 0.4) is 0 Å². The molecule has 3 heterocycles. The van der Waals surface area contributed by atoms with Crippen LogP contribution >= 0.6 is 0 Å². The Labute approximate surface area is 122 Å². The molecule has 0 amide bonds. The lowest BCUT2D eigenvalue weighted by Crippen LogP contribution is -2.30.